The van der Waals surface area contributed by atoms with Gasteiger partial charge in [0.15, 0.2) is 5.41 Å². The molecular formula is C16H22N2O3. The Bertz CT molecular complexity index is 443. The van der Waals surface area contributed by atoms with Crippen molar-refractivity contribution < 1.29 is 14.3 Å². The van der Waals surface area contributed by atoms with Gasteiger partial charge in [-0.1, -0.05) is 19.3 Å². The van der Waals surface area contributed by atoms with Gasteiger partial charge in [-0.25, -0.2) is 0 Å². The molecule has 5 heteroatoms. The van der Waals surface area contributed by atoms with Gasteiger partial charge in [-0.3, -0.25) is 4.79 Å². The van der Waals surface area contributed by atoms with E-state index in [2.05, 4.69) is 12.1 Å². The summed E-state index contributed by atoms with van der Waals surface area (Å²) < 4.78 is 10.9. The number of carbonyl (C=O) groups is 1. The Morgan fingerprint density at radius 3 is 2.52 bits per heavy atom. The second-order valence-electron chi connectivity index (χ2n) is 5.97. The highest BCUT2D eigenvalue weighted by Gasteiger charge is 2.52. The fraction of sp³-hybridized carbons (Fsp3) is 0.812. The zero-order valence-electron chi connectivity index (χ0n) is 12.5. The number of rotatable bonds is 4. The maximum Gasteiger partial charge on any atom is 0.308 e. The Morgan fingerprint density at radius 2 is 1.95 bits per heavy atom. The van der Waals surface area contributed by atoms with E-state index in [4.69, 9.17) is 9.47 Å². The van der Waals surface area contributed by atoms with Crippen LogP contribution in [0.1, 0.15) is 51.9 Å². The van der Waals surface area contributed by atoms with Crippen LogP contribution in [0.2, 0.25) is 0 Å². The van der Waals surface area contributed by atoms with Crippen molar-refractivity contribution in [1.29, 1.82) is 10.5 Å². The minimum Gasteiger partial charge on any atom is -0.466 e. The van der Waals surface area contributed by atoms with E-state index in [0.717, 1.165) is 12.8 Å². The van der Waals surface area contributed by atoms with Crippen LogP contribution in [0.4, 0.5) is 0 Å². The van der Waals surface area contributed by atoms with Crippen LogP contribution >= 0.6 is 0 Å². The van der Waals surface area contributed by atoms with Gasteiger partial charge >= 0.3 is 5.97 Å². The lowest BCUT2D eigenvalue weighted by molar-refractivity contribution is -0.147. The molecule has 0 aromatic rings. The quantitative estimate of drug-likeness (QED) is 0.743. The van der Waals surface area contributed by atoms with E-state index >= 15 is 0 Å². The van der Waals surface area contributed by atoms with E-state index in [9.17, 15) is 15.3 Å². The van der Waals surface area contributed by atoms with Gasteiger partial charge in [0.2, 0.25) is 0 Å². The Labute approximate surface area is 125 Å². The van der Waals surface area contributed by atoms with Gasteiger partial charge < -0.3 is 9.47 Å². The Hall–Kier alpha value is -1.59. The normalized spacial score (nSPS) is 28.5. The van der Waals surface area contributed by atoms with Gasteiger partial charge in [0.1, 0.15) is 6.10 Å². The summed E-state index contributed by atoms with van der Waals surface area (Å²) in [7, 11) is 0. The topological polar surface area (TPSA) is 83.1 Å². The molecule has 1 saturated carbocycles. The molecular weight excluding hydrogens is 268 g/mol. The molecule has 1 heterocycles. The molecule has 0 spiro atoms. The molecule has 1 aliphatic carbocycles. The first-order valence-electron chi connectivity index (χ1n) is 7.78. The summed E-state index contributed by atoms with van der Waals surface area (Å²) in [5.41, 5.74) is -1.21. The van der Waals surface area contributed by atoms with E-state index < -0.39 is 17.5 Å². The van der Waals surface area contributed by atoms with Gasteiger partial charge in [-0.2, -0.15) is 10.5 Å². The van der Waals surface area contributed by atoms with Crippen LogP contribution in [0.3, 0.4) is 0 Å². The maximum atomic E-state index is 11.7. The lowest BCUT2D eigenvalue weighted by Gasteiger charge is -2.27. The summed E-state index contributed by atoms with van der Waals surface area (Å²) in [5.74, 6) is 0.00805. The number of hydrogen-bond donors (Lipinski definition) is 0. The minimum absolute atomic E-state index is 0.0157. The highest BCUT2D eigenvalue weighted by molar-refractivity contribution is 5.70. The summed E-state index contributed by atoms with van der Waals surface area (Å²) in [6.45, 7) is 2.03. The van der Waals surface area contributed by atoms with Crippen molar-refractivity contribution in [2.24, 2.45) is 11.3 Å². The molecule has 1 aliphatic heterocycles. The number of nitriles is 2. The van der Waals surface area contributed by atoms with Crippen molar-refractivity contribution in [3.63, 3.8) is 0 Å². The molecule has 0 bridgehead atoms. The molecule has 1 saturated heterocycles. The number of ether oxygens (including phenoxy) is 2. The van der Waals surface area contributed by atoms with E-state index in [1.54, 1.807) is 6.92 Å². The van der Waals surface area contributed by atoms with Gasteiger partial charge in [-0.15, -0.1) is 0 Å². The Kier molecular flexibility index (Phi) is 5.20. The standard InChI is InChI=1S/C16H22N2O3/c1-2-20-15(19)8-14-16(10-17,11-18)9-13(21-14)12-6-4-3-5-7-12/h12-14H,2-9H2,1H3/t13-,14-/m1/s1. The predicted octanol–water partition coefficient (Wildman–Crippen LogP) is 2.71. The number of nitrogens with zero attached hydrogens (tertiary/aromatic N) is 2. The number of hydrogen-bond acceptors (Lipinski definition) is 5. The molecule has 5 nitrogen and oxygen atoms in total. The highest BCUT2D eigenvalue weighted by Crippen LogP contribution is 2.44. The fourth-order valence-electron chi connectivity index (χ4n) is 3.46. The SMILES string of the molecule is CCOC(=O)C[C@H]1O[C@@H](C2CCCCC2)CC1(C#N)C#N. The van der Waals surface area contributed by atoms with Crippen LogP contribution in [0, 0.1) is 34.0 Å². The molecule has 0 amide bonds. The summed E-state index contributed by atoms with van der Waals surface area (Å²) in [4.78, 5) is 11.7. The summed E-state index contributed by atoms with van der Waals surface area (Å²) in [6, 6.07) is 4.20. The monoisotopic (exact) mass is 290 g/mol. The highest BCUT2D eigenvalue weighted by atomic mass is 16.5. The lowest BCUT2D eigenvalue weighted by atomic mass is 9.77. The van der Waals surface area contributed by atoms with Gasteiger partial charge in [0.05, 0.1) is 31.3 Å². The van der Waals surface area contributed by atoms with Crippen LogP contribution in [-0.2, 0) is 14.3 Å². The third-order valence-electron chi connectivity index (χ3n) is 4.64. The molecule has 0 radical (unpaired) electrons. The fourth-order valence-corrected chi connectivity index (χ4v) is 3.46. The van der Waals surface area contributed by atoms with Gasteiger partial charge in [0.25, 0.3) is 0 Å². The Balaban J connectivity index is 2.08. The zero-order valence-corrected chi connectivity index (χ0v) is 12.5. The smallest absolute Gasteiger partial charge is 0.308 e. The first kappa shape index (κ1) is 15.8. The van der Waals surface area contributed by atoms with Crippen LogP contribution in [0.5, 0.6) is 0 Å². The number of carbonyl (C=O) groups excluding carboxylic acids is 1. The second kappa shape index (κ2) is 6.91. The van der Waals surface area contributed by atoms with Crippen molar-refractivity contribution in [3.05, 3.63) is 0 Å². The average molecular weight is 290 g/mol. The molecule has 114 valence electrons. The van der Waals surface area contributed by atoms with Crippen molar-refractivity contribution in [1.82, 2.24) is 0 Å². The summed E-state index contributed by atoms with van der Waals surface area (Å²) in [6.07, 6.45) is 5.43. The van der Waals surface area contributed by atoms with Crippen molar-refractivity contribution >= 4 is 5.97 Å². The molecule has 0 aromatic carbocycles. The second-order valence-corrected chi connectivity index (χ2v) is 5.97. The minimum atomic E-state index is -1.21. The first-order valence-corrected chi connectivity index (χ1v) is 7.78. The molecule has 2 rings (SSSR count). The molecule has 0 N–H and O–H groups in total. The van der Waals surface area contributed by atoms with Gasteiger partial charge in [0, 0.05) is 6.42 Å². The van der Waals surface area contributed by atoms with Crippen LogP contribution < -0.4 is 0 Å². The van der Waals surface area contributed by atoms with E-state index in [1.807, 2.05) is 0 Å². The molecule has 2 atom stereocenters. The van der Waals surface area contributed by atoms with E-state index in [0.29, 0.717) is 18.9 Å². The predicted molar refractivity (Wildman–Crippen MR) is 74.8 cm³/mol. The van der Waals surface area contributed by atoms with Crippen molar-refractivity contribution in [2.45, 2.75) is 64.1 Å². The van der Waals surface area contributed by atoms with Gasteiger partial charge in [-0.05, 0) is 25.7 Å². The third kappa shape index (κ3) is 3.36. The molecule has 0 aromatic heterocycles. The molecule has 21 heavy (non-hydrogen) atoms. The zero-order chi connectivity index (χ0) is 15.3. The van der Waals surface area contributed by atoms with Crippen molar-refractivity contribution in [2.75, 3.05) is 6.61 Å². The van der Waals surface area contributed by atoms with Crippen LogP contribution in [0.25, 0.3) is 0 Å². The van der Waals surface area contributed by atoms with E-state index in [-0.39, 0.29) is 12.5 Å². The summed E-state index contributed by atoms with van der Waals surface area (Å²) in [5, 5.41) is 18.9. The molecule has 0 unspecified atom stereocenters. The first-order chi connectivity index (χ1) is 10.1. The molecule has 2 aliphatic rings. The summed E-state index contributed by atoms with van der Waals surface area (Å²) >= 11 is 0. The third-order valence-corrected chi connectivity index (χ3v) is 4.64. The maximum absolute atomic E-state index is 11.7. The number of esters is 1. The largest absolute Gasteiger partial charge is 0.466 e. The lowest BCUT2D eigenvalue weighted by Crippen LogP contribution is -2.30. The van der Waals surface area contributed by atoms with E-state index in [1.165, 1.54) is 19.3 Å². The molecule has 2 fully saturated rings. The average Bonchev–Trinajstić information content (AvgIpc) is 2.87. The van der Waals surface area contributed by atoms with Crippen LogP contribution in [-0.4, -0.2) is 24.8 Å². The van der Waals surface area contributed by atoms with Crippen LogP contribution in [0.15, 0.2) is 0 Å². The van der Waals surface area contributed by atoms with Crippen molar-refractivity contribution in [3.8, 4) is 12.1 Å². The Morgan fingerprint density at radius 1 is 1.29 bits per heavy atom.